The average Bonchev–Trinajstić information content (AvgIpc) is 2.13. The molecule has 2 nitrogen and oxygen atoms in total. The molecular formula is C10H9BrFNO. The Balaban J connectivity index is 2.27. The normalized spacial score (nSPS) is 18.7. The lowest BCUT2D eigenvalue weighted by Gasteiger charge is -2.31. The summed E-state index contributed by atoms with van der Waals surface area (Å²) < 4.78 is 14.3. The molecule has 0 unspecified atom stereocenters. The highest BCUT2D eigenvalue weighted by atomic mass is 79.9. The fourth-order valence-electron chi connectivity index (χ4n) is 1.48. The van der Waals surface area contributed by atoms with Crippen LogP contribution in [-0.4, -0.2) is 16.4 Å². The summed E-state index contributed by atoms with van der Waals surface area (Å²) in [6.07, 6.45) is 1.45. The predicted octanol–water partition coefficient (Wildman–Crippen LogP) is 2.92. The number of Topliss-reactive ketones (excluding diaryl/α,β-unsaturated/α-hetero) is 1. The number of hydrogen-bond donors (Lipinski definition) is 0. The molecule has 1 fully saturated rings. The van der Waals surface area contributed by atoms with Crippen LogP contribution >= 0.6 is 15.9 Å². The van der Waals surface area contributed by atoms with Crippen LogP contribution in [-0.2, 0) is 0 Å². The topological polar surface area (TPSA) is 30.0 Å². The van der Waals surface area contributed by atoms with E-state index in [0.717, 1.165) is 6.42 Å². The number of carbonyl (C=O) groups is 1. The largest absolute Gasteiger partial charge is 0.289 e. The van der Waals surface area contributed by atoms with Crippen LogP contribution in [0.15, 0.2) is 22.8 Å². The van der Waals surface area contributed by atoms with E-state index in [4.69, 9.17) is 0 Å². The van der Waals surface area contributed by atoms with Crippen molar-refractivity contribution in [2.24, 2.45) is 0 Å². The van der Waals surface area contributed by atoms with Gasteiger partial charge in [-0.3, -0.25) is 4.79 Å². The van der Waals surface area contributed by atoms with E-state index in [9.17, 15) is 9.18 Å². The number of carbonyl (C=O) groups excluding carboxylic acids is 1. The van der Waals surface area contributed by atoms with Gasteiger partial charge in [0, 0.05) is 0 Å². The van der Waals surface area contributed by atoms with Crippen molar-refractivity contribution in [2.75, 3.05) is 0 Å². The number of alkyl halides is 1. The van der Waals surface area contributed by atoms with E-state index in [1.54, 1.807) is 18.2 Å². The first-order chi connectivity index (χ1) is 6.62. The maximum Gasteiger partial charge on any atom is 0.218 e. The third-order valence-corrected chi connectivity index (χ3v) is 2.94. The second-order valence-corrected chi connectivity index (χ2v) is 4.31. The highest BCUT2D eigenvalue weighted by Gasteiger charge is 2.45. The van der Waals surface area contributed by atoms with E-state index < -0.39 is 11.5 Å². The lowest BCUT2D eigenvalue weighted by molar-refractivity contribution is 0.0414. The Morgan fingerprint density at radius 2 is 2.21 bits per heavy atom. The van der Waals surface area contributed by atoms with Crippen molar-refractivity contribution in [3.8, 4) is 0 Å². The lowest BCUT2D eigenvalue weighted by atomic mass is 9.78. The van der Waals surface area contributed by atoms with E-state index in [1.165, 1.54) is 0 Å². The molecule has 0 bridgehead atoms. The van der Waals surface area contributed by atoms with Crippen LogP contribution in [0.1, 0.15) is 29.8 Å². The molecule has 1 saturated carbocycles. The maximum atomic E-state index is 13.7. The zero-order chi connectivity index (χ0) is 10.2. The Labute approximate surface area is 89.7 Å². The summed E-state index contributed by atoms with van der Waals surface area (Å²) in [4.78, 5) is 15.6. The zero-order valence-corrected chi connectivity index (χ0v) is 9.05. The highest BCUT2D eigenvalue weighted by Crippen LogP contribution is 2.38. The van der Waals surface area contributed by atoms with Crippen molar-refractivity contribution >= 4 is 21.7 Å². The smallest absolute Gasteiger partial charge is 0.218 e. The van der Waals surface area contributed by atoms with Gasteiger partial charge in [-0.1, -0.05) is 6.07 Å². The van der Waals surface area contributed by atoms with E-state index >= 15 is 0 Å². The van der Waals surface area contributed by atoms with Crippen molar-refractivity contribution in [3.63, 3.8) is 0 Å². The molecule has 0 aromatic carbocycles. The minimum atomic E-state index is -1.65. The minimum absolute atomic E-state index is 0.210. The standard InChI is InChI=1S/C10H9BrFNO/c11-8-4-1-3-7(13-8)9(14)10(12)5-2-6-10/h1,3-4H,2,5-6H2. The number of pyridine rings is 1. The summed E-state index contributed by atoms with van der Waals surface area (Å²) in [5.74, 6) is -0.481. The molecule has 2 rings (SSSR count). The molecule has 1 aliphatic carbocycles. The molecule has 1 aromatic heterocycles. The molecule has 74 valence electrons. The van der Waals surface area contributed by atoms with Crippen LogP contribution in [0.4, 0.5) is 4.39 Å². The molecule has 0 amide bonds. The fourth-order valence-corrected chi connectivity index (χ4v) is 1.82. The van der Waals surface area contributed by atoms with Crippen LogP contribution in [0.25, 0.3) is 0 Å². The first-order valence-corrected chi connectivity index (χ1v) is 5.27. The van der Waals surface area contributed by atoms with Crippen LogP contribution in [0.5, 0.6) is 0 Å². The van der Waals surface area contributed by atoms with E-state index in [-0.39, 0.29) is 5.69 Å². The Bertz CT molecular complexity index is 376. The Kier molecular flexibility index (Phi) is 2.39. The molecule has 0 radical (unpaired) electrons. The fraction of sp³-hybridized carbons (Fsp3) is 0.400. The van der Waals surface area contributed by atoms with Gasteiger partial charge in [-0.25, -0.2) is 9.37 Å². The molecule has 4 heteroatoms. The van der Waals surface area contributed by atoms with Gasteiger partial charge in [0.05, 0.1) is 0 Å². The summed E-state index contributed by atoms with van der Waals surface area (Å²) >= 11 is 3.15. The summed E-state index contributed by atoms with van der Waals surface area (Å²) in [6, 6.07) is 4.95. The molecule has 0 spiro atoms. The quantitative estimate of drug-likeness (QED) is 0.603. The van der Waals surface area contributed by atoms with Crippen LogP contribution < -0.4 is 0 Å². The third kappa shape index (κ3) is 1.59. The molecular weight excluding hydrogens is 249 g/mol. The number of halogens is 2. The SMILES string of the molecule is O=C(c1cccc(Br)n1)C1(F)CCC1. The Morgan fingerprint density at radius 1 is 1.50 bits per heavy atom. The summed E-state index contributed by atoms with van der Waals surface area (Å²) in [6.45, 7) is 0. The van der Waals surface area contributed by atoms with E-state index in [2.05, 4.69) is 20.9 Å². The summed E-state index contributed by atoms with van der Waals surface area (Å²) in [7, 11) is 0. The van der Waals surface area contributed by atoms with Crippen LogP contribution in [0.3, 0.4) is 0 Å². The van der Waals surface area contributed by atoms with E-state index in [1.807, 2.05) is 0 Å². The van der Waals surface area contributed by atoms with Crippen molar-refractivity contribution in [1.82, 2.24) is 4.98 Å². The van der Waals surface area contributed by atoms with Gasteiger partial charge in [0.2, 0.25) is 5.78 Å². The first kappa shape index (κ1) is 9.77. The van der Waals surface area contributed by atoms with Crippen molar-refractivity contribution in [3.05, 3.63) is 28.5 Å². The maximum absolute atomic E-state index is 13.7. The van der Waals surface area contributed by atoms with Gasteiger partial charge < -0.3 is 0 Å². The highest BCUT2D eigenvalue weighted by molar-refractivity contribution is 9.10. The van der Waals surface area contributed by atoms with Crippen molar-refractivity contribution in [1.29, 1.82) is 0 Å². The number of nitrogens with zero attached hydrogens (tertiary/aromatic N) is 1. The molecule has 1 heterocycles. The van der Waals surface area contributed by atoms with Crippen molar-refractivity contribution < 1.29 is 9.18 Å². The first-order valence-electron chi connectivity index (χ1n) is 4.48. The Hall–Kier alpha value is -0.770. The third-order valence-electron chi connectivity index (χ3n) is 2.50. The summed E-state index contributed by atoms with van der Waals surface area (Å²) in [5, 5.41) is 0. The van der Waals surface area contributed by atoms with Gasteiger partial charge in [-0.15, -0.1) is 0 Å². The van der Waals surface area contributed by atoms with Gasteiger partial charge in [-0.2, -0.15) is 0 Å². The van der Waals surface area contributed by atoms with Crippen LogP contribution in [0, 0.1) is 0 Å². The monoisotopic (exact) mass is 257 g/mol. The number of ketones is 1. The van der Waals surface area contributed by atoms with Crippen LogP contribution in [0.2, 0.25) is 0 Å². The number of aromatic nitrogens is 1. The average molecular weight is 258 g/mol. The molecule has 1 aromatic rings. The molecule has 0 atom stereocenters. The summed E-state index contributed by atoms with van der Waals surface area (Å²) in [5.41, 5.74) is -1.44. The molecule has 0 N–H and O–H groups in total. The minimum Gasteiger partial charge on any atom is -0.289 e. The van der Waals surface area contributed by atoms with Gasteiger partial charge >= 0.3 is 0 Å². The van der Waals surface area contributed by atoms with Gasteiger partial charge in [-0.05, 0) is 47.3 Å². The molecule has 14 heavy (non-hydrogen) atoms. The zero-order valence-electron chi connectivity index (χ0n) is 7.46. The molecule has 0 aliphatic heterocycles. The Morgan fingerprint density at radius 3 is 2.71 bits per heavy atom. The molecule has 0 saturated heterocycles. The van der Waals surface area contributed by atoms with E-state index in [0.29, 0.717) is 17.4 Å². The van der Waals surface area contributed by atoms with Gasteiger partial charge in [0.15, 0.2) is 5.67 Å². The van der Waals surface area contributed by atoms with Gasteiger partial charge in [0.1, 0.15) is 10.3 Å². The predicted molar refractivity (Wildman–Crippen MR) is 54.0 cm³/mol. The van der Waals surface area contributed by atoms with Crippen molar-refractivity contribution in [2.45, 2.75) is 24.9 Å². The number of rotatable bonds is 2. The second kappa shape index (κ2) is 3.42. The second-order valence-electron chi connectivity index (χ2n) is 3.49. The lowest BCUT2D eigenvalue weighted by Crippen LogP contribution is -2.41. The van der Waals surface area contributed by atoms with Gasteiger partial charge in [0.25, 0.3) is 0 Å². The molecule has 1 aliphatic rings. The number of hydrogen-bond acceptors (Lipinski definition) is 2.